The Labute approximate surface area is 165 Å². The Morgan fingerprint density at radius 1 is 0.889 bits per heavy atom. The van der Waals surface area contributed by atoms with Gasteiger partial charge in [-0.15, -0.1) is 0 Å². The lowest BCUT2D eigenvalue weighted by Gasteiger charge is -2.21. The van der Waals surface area contributed by atoms with Crippen LogP contribution in [0.25, 0.3) is 10.2 Å². The first-order valence-electron chi connectivity index (χ1n) is 10.1. The third-order valence-corrected chi connectivity index (χ3v) is 6.22. The number of para-hydroxylation sites is 1. The monoisotopic (exact) mass is 381 g/mol. The van der Waals surface area contributed by atoms with E-state index < -0.39 is 0 Å². The van der Waals surface area contributed by atoms with Crippen molar-refractivity contribution in [2.45, 2.75) is 51.4 Å². The molecule has 3 aromatic rings. The van der Waals surface area contributed by atoms with Gasteiger partial charge in [0, 0.05) is 0 Å². The van der Waals surface area contributed by atoms with Gasteiger partial charge in [-0.2, -0.15) is 0 Å². The number of ether oxygens (including phenoxy) is 2. The van der Waals surface area contributed by atoms with Crippen LogP contribution in [0.3, 0.4) is 0 Å². The van der Waals surface area contributed by atoms with E-state index in [4.69, 9.17) is 9.47 Å². The van der Waals surface area contributed by atoms with Gasteiger partial charge in [0.2, 0.25) is 0 Å². The van der Waals surface area contributed by atoms with E-state index in [9.17, 15) is 0 Å². The van der Waals surface area contributed by atoms with Crippen molar-refractivity contribution in [3.63, 3.8) is 0 Å². The molecule has 1 aromatic heterocycles. The molecule has 0 N–H and O–H groups in total. The second kappa shape index (κ2) is 9.23. The van der Waals surface area contributed by atoms with Gasteiger partial charge < -0.3 is 9.47 Å². The highest BCUT2D eigenvalue weighted by atomic mass is 32.1. The van der Waals surface area contributed by atoms with Crippen molar-refractivity contribution in [1.82, 2.24) is 4.98 Å². The largest absolute Gasteiger partial charge is 0.494 e. The summed E-state index contributed by atoms with van der Waals surface area (Å²) in [5, 5.41) is 0.674. The lowest BCUT2D eigenvalue weighted by Crippen LogP contribution is -2.06. The Bertz CT molecular complexity index is 804. The number of aromatic nitrogens is 1. The van der Waals surface area contributed by atoms with E-state index in [1.165, 1.54) is 44.9 Å². The van der Waals surface area contributed by atoms with Crippen molar-refractivity contribution in [3.05, 3.63) is 48.5 Å². The minimum absolute atomic E-state index is 0.674. The number of rotatable bonds is 8. The molecule has 4 heteroatoms. The first-order valence-corrected chi connectivity index (χ1v) is 10.9. The fourth-order valence-electron chi connectivity index (χ4n) is 3.80. The molecule has 0 aliphatic heterocycles. The second-order valence-electron chi connectivity index (χ2n) is 7.37. The maximum absolute atomic E-state index is 5.88. The average molecular weight is 382 g/mol. The fraction of sp³-hybridized carbons (Fsp3) is 0.435. The number of unbranched alkanes of at least 4 members (excludes halogenated alkanes) is 1. The molecule has 1 aliphatic carbocycles. The topological polar surface area (TPSA) is 31.4 Å². The van der Waals surface area contributed by atoms with Crippen LogP contribution in [0.5, 0.6) is 16.7 Å². The van der Waals surface area contributed by atoms with Gasteiger partial charge in [0.25, 0.3) is 5.19 Å². The van der Waals surface area contributed by atoms with Gasteiger partial charge in [-0.1, -0.05) is 62.0 Å². The predicted molar refractivity (Wildman–Crippen MR) is 112 cm³/mol. The molecule has 4 rings (SSSR count). The van der Waals surface area contributed by atoms with Crippen molar-refractivity contribution in [2.75, 3.05) is 6.61 Å². The van der Waals surface area contributed by atoms with Crippen LogP contribution in [0.1, 0.15) is 51.4 Å². The standard InChI is InChI=1S/C23H27NO2S/c1-2-8-18(9-3-1)10-6-7-17-25-19-13-15-20(16-14-19)26-23-24-21-11-4-5-12-22(21)27-23/h4-5,11-16,18H,1-3,6-10,17H2. The highest BCUT2D eigenvalue weighted by Crippen LogP contribution is 2.32. The minimum Gasteiger partial charge on any atom is -0.494 e. The van der Waals surface area contributed by atoms with Gasteiger partial charge in [0.1, 0.15) is 11.5 Å². The predicted octanol–water partition coefficient (Wildman–Crippen LogP) is 7.22. The molecule has 2 aromatic carbocycles. The Morgan fingerprint density at radius 2 is 1.67 bits per heavy atom. The van der Waals surface area contributed by atoms with E-state index in [1.807, 2.05) is 42.5 Å². The molecular formula is C23H27NO2S. The zero-order valence-electron chi connectivity index (χ0n) is 15.7. The van der Waals surface area contributed by atoms with E-state index >= 15 is 0 Å². The molecule has 0 spiro atoms. The summed E-state index contributed by atoms with van der Waals surface area (Å²) in [5.74, 6) is 2.67. The van der Waals surface area contributed by atoms with Gasteiger partial charge in [-0.3, -0.25) is 0 Å². The molecule has 1 heterocycles. The summed E-state index contributed by atoms with van der Waals surface area (Å²) in [5.41, 5.74) is 0.977. The summed E-state index contributed by atoms with van der Waals surface area (Å²) in [7, 11) is 0. The summed E-state index contributed by atoms with van der Waals surface area (Å²) in [6, 6.07) is 15.9. The lowest BCUT2D eigenvalue weighted by molar-refractivity contribution is 0.283. The minimum atomic E-state index is 0.674. The van der Waals surface area contributed by atoms with Gasteiger partial charge in [0.15, 0.2) is 0 Å². The van der Waals surface area contributed by atoms with Gasteiger partial charge in [-0.25, -0.2) is 4.98 Å². The van der Waals surface area contributed by atoms with Gasteiger partial charge in [-0.05, 0) is 55.2 Å². The summed E-state index contributed by atoms with van der Waals surface area (Å²) >= 11 is 1.56. The van der Waals surface area contributed by atoms with Crippen molar-refractivity contribution < 1.29 is 9.47 Å². The van der Waals surface area contributed by atoms with E-state index in [1.54, 1.807) is 11.3 Å². The van der Waals surface area contributed by atoms with Crippen LogP contribution in [0, 0.1) is 5.92 Å². The van der Waals surface area contributed by atoms with Crippen LogP contribution >= 0.6 is 11.3 Å². The molecule has 0 radical (unpaired) electrons. The summed E-state index contributed by atoms with van der Waals surface area (Å²) < 4.78 is 12.9. The van der Waals surface area contributed by atoms with E-state index in [0.717, 1.165) is 40.7 Å². The van der Waals surface area contributed by atoms with Crippen molar-refractivity contribution >= 4 is 21.6 Å². The quantitative estimate of drug-likeness (QED) is 0.386. The Morgan fingerprint density at radius 3 is 2.48 bits per heavy atom. The zero-order valence-corrected chi connectivity index (χ0v) is 16.5. The summed E-state index contributed by atoms with van der Waals surface area (Å²) in [4.78, 5) is 4.50. The molecule has 0 atom stereocenters. The molecular weight excluding hydrogens is 354 g/mol. The van der Waals surface area contributed by atoms with Gasteiger partial charge in [0.05, 0.1) is 16.8 Å². The highest BCUT2D eigenvalue weighted by Gasteiger charge is 2.12. The van der Waals surface area contributed by atoms with Crippen LogP contribution in [-0.4, -0.2) is 11.6 Å². The van der Waals surface area contributed by atoms with Crippen LogP contribution < -0.4 is 9.47 Å². The molecule has 0 saturated heterocycles. The third-order valence-electron chi connectivity index (χ3n) is 5.30. The number of nitrogens with zero attached hydrogens (tertiary/aromatic N) is 1. The molecule has 0 bridgehead atoms. The third kappa shape index (κ3) is 5.23. The molecule has 3 nitrogen and oxygen atoms in total. The average Bonchev–Trinajstić information content (AvgIpc) is 3.12. The van der Waals surface area contributed by atoms with E-state index in [-0.39, 0.29) is 0 Å². The lowest BCUT2D eigenvalue weighted by atomic mass is 9.86. The normalized spacial score (nSPS) is 15.1. The number of hydrogen-bond acceptors (Lipinski definition) is 4. The van der Waals surface area contributed by atoms with Crippen LogP contribution in [-0.2, 0) is 0 Å². The second-order valence-corrected chi connectivity index (χ2v) is 8.36. The molecule has 27 heavy (non-hydrogen) atoms. The summed E-state index contributed by atoms with van der Waals surface area (Å²) in [6.45, 7) is 0.796. The molecule has 1 saturated carbocycles. The number of hydrogen-bond donors (Lipinski definition) is 0. The number of thiazole rings is 1. The highest BCUT2D eigenvalue weighted by molar-refractivity contribution is 7.20. The van der Waals surface area contributed by atoms with Crippen molar-refractivity contribution in [3.8, 4) is 16.7 Å². The molecule has 142 valence electrons. The Kier molecular flexibility index (Phi) is 6.25. The Hall–Kier alpha value is -2.07. The SMILES string of the molecule is c1ccc2sc(Oc3ccc(OCCCCC4CCCCC4)cc3)nc2c1. The Balaban J connectivity index is 1.20. The number of fused-ring (bicyclic) bond motifs is 1. The smallest absolute Gasteiger partial charge is 0.279 e. The van der Waals surface area contributed by atoms with Crippen molar-refractivity contribution in [2.24, 2.45) is 5.92 Å². The first-order chi connectivity index (χ1) is 13.4. The summed E-state index contributed by atoms with van der Waals surface area (Å²) in [6.07, 6.45) is 11.0. The maximum Gasteiger partial charge on any atom is 0.279 e. The first kappa shape index (κ1) is 18.3. The van der Waals surface area contributed by atoms with Crippen molar-refractivity contribution in [1.29, 1.82) is 0 Å². The molecule has 1 aliphatic rings. The zero-order chi connectivity index (χ0) is 18.3. The fourth-order valence-corrected chi connectivity index (χ4v) is 4.64. The van der Waals surface area contributed by atoms with E-state index in [2.05, 4.69) is 11.1 Å². The number of benzene rings is 2. The van der Waals surface area contributed by atoms with Crippen LogP contribution in [0.2, 0.25) is 0 Å². The van der Waals surface area contributed by atoms with Gasteiger partial charge >= 0.3 is 0 Å². The molecule has 0 unspecified atom stereocenters. The molecule has 0 amide bonds. The maximum atomic E-state index is 5.88. The van der Waals surface area contributed by atoms with Crippen LogP contribution in [0.15, 0.2) is 48.5 Å². The van der Waals surface area contributed by atoms with Crippen LogP contribution in [0.4, 0.5) is 0 Å². The van der Waals surface area contributed by atoms with E-state index in [0.29, 0.717) is 5.19 Å². The molecule has 1 fully saturated rings.